The number of methoxy groups -OCH3 is 2. The lowest BCUT2D eigenvalue weighted by Crippen LogP contribution is -2.39. The average molecular weight is 496 g/mol. The SMILES string of the molecule is COC(=O)N(C)C1CCN(c2ccc(N3Cc4cn(-c5ccc(Cl)cc5)nc4C3=O)cc2OC)C1. The summed E-state index contributed by atoms with van der Waals surface area (Å²) < 4.78 is 12.2. The maximum Gasteiger partial charge on any atom is 0.409 e. The molecule has 5 rings (SSSR count). The van der Waals surface area contributed by atoms with E-state index in [-0.39, 0.29) is 18.0 Å². The predicted molar refractivity (Wildman–Crippen MR) is 133 cm³/mol. The Labute approximate surface area is 208 Å². The van der Waals surface area contributed by atoms with Crippen LogP contribution in [-0.2, 0) is 11.3 Å². The maximum absolute atomic E-state index is 13.2. The van der Waals surface area contributed by atoms with Crippen LogP contribution in [0.1, 0.15) is 22.5 Å². The fourth-order valence-electron chi connectivity index (χ4n) is 4.68. The van der Waals surface area contributed by atoms with Gasteiger partial charge in [0.2, 0.25) is 0 Å². The first kappa shape index (κ1) is 23.0. The number of amides is 2. The minimum Gasteiger partial charge on any atom is -0.495 e. The van der Waals surface area contributed by atoms with Gasteiger partial charge in [0, 0.05) is 48.7 Å². The largest absolute Gasteiger partial charge is 0.495 e. The molecule has 2 aromatic carbocycles. The summed E-state index contributed by atoms with van der Waals surface area (Å²) in [4.78, 5) is 30.6. The van der Waals surface area contributed by atoms with E-state index in [1.54, 1.807) is 40.8 Å². The third kappa shape index (κ3) is 4.16. The van der Waals surface area contributed by atoms with E-state index in [2.05, 4.69) is 10.00 Å². The first-order chi connectivity index (χ1) is 16.9. The molecule has 2 amide bonds. The number of rotatable bonds is 5. The molecule has 9 nitrogen and oxygen atoms in total. The second-order valence-corrected chi connectivity index (χ2v) is 9.08. The lowest BCUT2D eigenvalue weighted by atomic mass is 10.2. The van der Waals surface area contributed by atoms with Gasteiger partial charge in [0.15, 0.2) is 5.69 Å². The van der Waals surface area contributed by atoms with E-state index in [4.69, 9.17) is 21.1 Å². The second kappa shape index (κ2) is 9.14. The molecule has 1 fully saturated rings. The van der Waals surface area contributed by atoms with E-state index in [0.717, 1.165) is 35.6 Å². The minimum absolute atomic E-state index is 0.0555. The average Bonchev–Trinajstić information content (AvgIpc) is 3.60. The highest BCUT2D eigenvalue weighted by Crippen LogP contribution is 2.37. The van der Waals surface area contributed by atoms with Crippen LogP contribution in [0.2, 0.25) is 5.02 Å². The van der Waals surface area contributed by atoms with Gasteiger partial charge in [-0.25, -0.2) is 9.48 Å². The van der Waals surface area contributed by atoms with Crippen LogP contribution < -0.4 is 14.5 Å². The number of hydrogen-bond acceptors (Lipinski definition) is 6. The van der Waals surface area contributed by atoms with Crippen molar-refractivity contribution in [2.24, 2.45) is 0 Å². The topological polar surface area (TPSA) is 80.1 Å². The van der Waals surface area contributed by atoms with E-state index in [0.29, 0.717) is 29.6 Å². The van der Waals surface area contributed by atoms with Gasteiger partial charge in [-0.15, -0.1) is 0 Å². The molecule has 0 N–H and O–H groups in total. The molecule has 3 heterocycles. The molecular weight excluding hydrogens is 470 g/mol. The third-order valence-electron chi connectivity index (χ3n) is 6.65. The molecule has 3 aromatic rings. The van der Waals surface area contributed by atoms with Crippen molar-refractivity contribution in [3.8, 4) is 11.4 Å². The zero-order valence-electron chi connectivity index (χ0n) is 19.8. The molecule has 0 aliphatic carbocycles. The number of carbonyl (C=O) groups excluding carboxylic acids is 2. The third-order valence-corrected chi connectivity index (χ3v) is 6.90. The fraction of sp³-hybridized carbons (Fsp3) is 0.320. The van der Waals surface area contributed by atoms with Gasteiger partial charge in [-0.05, 0) is 42.8 Å². The van der Waals surface area contributed by atoms with Gasteiger partial charge in [0.25, 0.3) is 5.91 Å². The summed E-state index contributed by atoms with van der Waals surface area (Å²) in [6, 6.07) is 13.1. The normalized spacial score (nSPS) is 17.0. The zero-order chi connectivity index (χ0) is 24.7. The summed E-state index contributed by atoms with van der Waals surface area (Å²) in [7, 11) is 4.76. The molecular formula is C25H26ClN5O4. The van der Waals surface area contributed by atoms with Crippen molar-refractivity contribution >= 4 is 35.0 Å². The lowest BCUT2D eigenvalue weighted by molar-refractivity contribution is 0.0991. The van der Waals surface area contributed by atoms with Crippen molar-refractivity contribution in [1.29, 1.82) is 0 Å². The number of likely N-dealkylation sites (N-methyl/N-ethyl adjacent to an activating group) is 1. The Morgan fingerprint density at radius 3 is 2.57 bits per heavy atom. The number of benzene rings is 2. The lowest BCUT2D eigenvalue weighted by Gasteiger charge is -2.26. The Balaban J connectivity index is 1.33. The Hall–Kier alpha value is -3.72. The summed E-state index contributed by atoms with van der Waals surface area (Å²) in [6.45, 7) is 1.89. The van der Waals surface area contributed by atoms with Crippen molar-refractivity contribution < 1.29 is 19.1 Å². The van der Waals surface area contributed by atoms with Gasteiger partial charge in [0.1, 0.15) is 5.75 Å². The number of aromatic nitrogens is 2. The second-order valence-electron chi connectivity index (χ2n) is 8.64. The Morgan fingerprint density at radius 2 is 1.89 bits per heavy atom. The highest BCUT2D eigenvalue weighted by molar-refractivity contribution is 6.30. The number of ether oxygens (including phenoxy) is 2. The number of halogens is 1. The number of carbonyl (C=O) groups is 2. The van der Waals surface area contributed by atoms with Crippen LogP contribution in [0.3, 0.4) is 0 Å². The summed E-state index contributed by atoms with van der Waals surface area (Å²) in [5.74, 6) is 0.524. The van der Waals surface area contributed by atoms with Crippen LogP contribution in [-0.4, -0.2) is 67.1 Å². The number of nitrogens with zero attached hydrogens (tertiary/aromatic N) is 5. The number of anilines is 2. The van der Waals surface area contributed by atoms with Crippen LogP contribution in [0.25, 0.3) is 5.69 Å². The van der Waals surface area contributed by atoms with Crippen molar-refractivity contribution in [3.63, 3.8) is 0 Å². The molecule has 182 valence electrons. The van der Waals surface area contributed by atoms with Gasteiger partial charge in [-0.3, -0.25) is 4.79 Å². The quantitative estimate of drug-likeness (QED) is 0.533. The summed E-state index contributed by atoms with van der Waals surface area (Å²) in [5.41, 5.74) is 3.82. The number of hydrogen-bond donors (Lipinski definition) is 0. The molecule has 0 spiro atoms. The van der Waals surface area contributed by atoms with E-state index >= 15 is 0 Å². The van der Waals surface area contributed by atoms with E-state index in [1.165, 1.54) is 7.11 Å². The highest BCUT2D eigenvalue weighted by Gasteiger charge is 2.34. The molecule has 10 heteroatoms. The molecule has 1 unspecified atom stereocenters. The molecule has 1 aromatic heterocycles. The Morgan fingerprint density at radius 1 is 1.14 bits per heavy atom. The monoisotopic (exact) mass is 495 g/mol. The Bertz CT molecular complexity index is 1280. The summed E-state index contributed by atoms with van der Waals surface area (Å²) in [5, 5.41) is 5.16. The van der Waals surface area contributed by atoms with Crippen LogP contribution in [0.15, 0.2) is 48.7 Å². The van der Waals surface area contributed by atoms with Crippen molar-refractivity contribution in [3.05, 3.63) is 64.9 Å². The van der Waals surface area contributed by atoms with Crippen LogP contribution >= 0.6 is 11.6 Å². The predicted octanol–water partition coefficient (Wildman–Crippen LogP) is 3.97. The van der Waals surface area contributed by atoms with Crippen molar-refractivity contribution in [1.82, 2.24) is 14.7 Å². The van der Waals surface area contributed by atoms with Crippen molar-refractivity contribution in [2.75, 3.05) is 44.2 Å². The van der Waals surface area contributed by atoms with E-state index in [9.17, 15) is 9.59 Å². The number of fused-ring (bicyclic) bond motifs is 1. The fourth-order valence-corrected chi connectivity index (χ4v) is 4.80. The minimum atomic E-state index is -0.343. The zero-order valence-corrected chi connectivity index (χ0v) is 20.5. The standard InChI is InChI=1S/C25H26ClN5O4/c1-28(25(33)35-3)20-10-11-29(15-20)21-9-8-19(12-22(21)34-2)30-13-16-14-31(27-23(16)24(30)32)18-6-4-17(26)5-7-18/h4-9,12,14,20H,10-11,13,15H2,1-3H3. The molecule has 0 saturated carbocycles. The van der Waals surface area contributed by atoms with E-state index < -0.39 is 0 Å². The molecule has 1 saturated heterocycles. The first-order valence-electron chi connectivity index (χ1n) is 11.3. The van der Waals surface area contributed by atoms with Crippen LogP contribution in [0, 0.1) is 0 Å². The summed E-state index contributed by atoms with van der Waals surface area (Å²) >= 11 is 5.98. The summed E-state index contributed by atoms with van der Waals surface area (Å²) in [6.07, 6.45) is 2.37. The molecule has 2 aliphatic heterocycles. The van der Waals surface area contributed by atoms with E-state index in [1.807, 2.05) is 36.5 Å². The van der Waals surface area contributed by atoms with Crippen LogP contribution in [0.5, 0.6) is 5.75 Å². The van der Waals surface area contributed by atoms with Crippen LogP contribution in [0.4, 0.5) is 16.2 Å². The smallest absolute Gasteiger partial charge is 0.409 e. The van der Waals surface area contributed by atoms with Gasteiger partial charge in [0.05, 0.1) is 38.2 Å². The molecule has 1 atom stereocenters. The van der Waals surface area contributed by atoms with Gasteiger partial charge < -0.3 is 24.2 Å². The maximum atomic E-state index is 13.2. The van der Waals surface area contributed by atoms with Gasteiger partial charge in [-0.1, -0.05) is 11.6 Å². The molecule has 35 heavy (non-hydrogen) atoms. The van der Waals surface area contributed by atoms with Crippen molar-refractivity contribution in [2.45, 2.75) is 19.0 Å². The van der Waals surface area contributed by atoms with Gasteiger partial charge >= 0.3 is 6.09 Å². The van der Waals surface area contributed by atoms with Gasteiger partial charge in [-0.2, -0.15) is 5.10 Å². The molecule has 2 aliphatic rings. The molecule has 0 bridgehead atoms. The first-order valence-corrected chi connectivity index (χ1v) is 11.7. The highest BCUT2D eigenvalue weighted by atomic mass is 35.5. The Kier molecular flexibility index (Phi) is 6.02. The molecule has 0 radical (unpaired) electrons.